The summed E-state index contributed by atoms with van der Waals surface area (Å²) in [6, 6.07) is 7.68. The normalized spacial score (nSPS) is 14.5. The third kappa shape index (κ3) is 5.73. The van der Waals surface area contributed by atoms with Crippen LogP contribution in [0.3, 0.4) is 0 Å². The van der Waals surface area contributed by atoms with Gasteiger partial charge >= 0.3 is 5.97 Å². The van der Waals surface area contributed by atoms with E-state index in [1.165, 1.54) is 11.3 Å². The molecule has 1 fully saturated rings. The second-order valence-electron chi connectivity index (χ2n) is 5.91. The largest absolute Gasteiger partial charge is 0.494 e. The van der Waals surface area contributed by atoms with E-state index in [0.717, 1.165) is 35.0 Å². The quantitative estimate of drug-likeness (QED) is 0.635. The van der Waals surface area contributed by atoms with Crippen molar-refractivity contribution in [1.29, 1.82) is 0 Å². The number of morpholine rings is 1. The number of rotatable bonds is 7. The van der Waals surface area contributed by atoms with Gasteiger partial charge < -0.3 is 19.2 Å². The number of aromatic nitrogens is 1. The Morgan fingerprint density at radius 2 is 1.89 bits per heavy atom. The van der Waals surface area contributed by atoms with Crippen molar-refractivity contribution in [3.63, 3.8) is 0 Å². The van der Waals surface area contributed by atoms with E-state index in [1.807, 2.05) is 48.2 Å². The number of carbonyl (C=O) groups is 1. The number of benzene rings is 1. The number of nitrogens with zero attached hydrogens (tertiary/aromatic N) is 3. The molecule has 0 spiro atoms. The molecule has 1 aromatic carbocycles. The molecule has 7 nitrogen and oxygen atoms in total. The molecule has 28 heavy (non-hydrogen) atoms. The number of hydrogen-bond donors (Lipinski definition) is 0. The van der Waals surface area contributed by atoms with Crippen LogP contribution in [0.2, 0.25) is 0 Å². The van der Waals surface area contributed by atoms with Gasteiger partial charge in [-0.25, -0.2) is 9.67 Å². The van der Waals surface area contributed by atoms with E-state index in [1.54, 1.807) is 0 Å². The number of halogens is 1. The van der Waals surface area contributed by atoms with E-state index < -0.39 is 0 Å². The Morgan fingerprint density at radius 3 is 2.54 bits per heavy atom. The van der Waals surface area contributed by atoms with Crippen molar-refractivity contribution in [2.24, 2.45) is 4.99 Å². The van der Waals surface area contributed by atoms with E-state index in [4.69, 9.17) is 19.2 Å². The summed E-state index contributed by atoms with van der Waals surface area (Å²) in [5.74, 6) is 0.594. The minimum absolute atomic E-state index is 0. The summed E-state index contributed by atoms with van der Waals surface area (Å²) < 4.78 is 18.1. The highest BCUT2D eigenvalue weighted by Crippen LogP contribution is 2.18. The van der Waals surface area contributed by atoms with Crippen molar-refractivity contribution >= 4 is 35.4 Å². The lowest BCUT2D eigenvalue weighted by atomic mass is 10.3. The van der Waals surface area contributed by atoms with Crippen LogP contribution in [0, 0.1) is 0 Å². The molecule has 2 aromatic rings. The maximum Gasteiger partial charge on any atom is 0.311 e. The third-order valence-electron chi connectivity index (χ3n) is 4.03. The monoisotopic (exact) mass is 427 g/mol. The summed E-state index contributed by atoms with van der Waals surface area (Å²) >= 11 is 1.51. The predicted octanol–water partition coefficient (Wildman–Crippen LogP) is 2.68. The molecular formula is C19H26ClN3O4S. The average molecular weight is 428 g/mol. The molecule has 3 rings (SSSR count). The van der Waals surface area contributed by atoms with Crippen LogP contribution in [0.4, 0.5) is 5.69 Å². The van der Waals surface area contributed by atoms with Gasteiger partial charge in [-0.1, -0.05) is 0 Å². The van der Waals surface area contributed by atoms with Gasteiger partial charge in [0.15, 0.2) is 0 Å². The summed E-state index contributed by atoms with van der Waals surface area (Å²) in [5.41, 5.74) is 1.72. The molecule has 154 valence electrons. The minimum Gasteiger partial charge on any atom is -0.494 e. The molecule has 1 aliphatic heterocycles. The highest BCUT2D eigenvalue weighted by Gasteiger charge is 2.18. The van der Waals surface area contributed by atoms with Crippen LogP contribution in [0.15, 0.2) is 34.6 Å². The first kappa shape index (κ1) is 22.3. The predicted molar refractivity (Wildman–Crippen MR) is 111 cm³/mol. The van der Waals surface area contributed by atoms with Gasteiger partial charge in [-0.05, 0) is 38.1 Å². The van der Waals surface area contributed by atoms with Crippen LogP contribution >= 0.6 is 23.7 Å². The number of ether oxygens (including phenoxy) is 3. The SMILES string of the molecule is CCOC(=O)Cc1csc(=Nc2ccc(OCC)cc2)n1N1CCOCC1.Cl. The lowest BCUT2D eigenvalue weighted by Gasteiger charge is -2.30. The summed E-state index contributed by atoms with van der Waals surface area (Å²) in [6.07, 6.45) is 0.223. The molecule has 1 aromatic heterocycles. The van der Waals surface area contributed by atoms with Crippen molar-refractivity contribution in [1.82, 2.24) is 4.68 Å². The Hall–Kier alpha value is -2.03. The summed E-state index contributed by atoms with van der Waals surface area (Å²) in [4.78, 5) is 17.6. The molecule has 0 bridgehead atoms. The molecule has 0 aliphatic carbocycles. The number of hydrogen-bond acceptors (Lipinski definition) is 7. The number of esters is 1. The van der Waals surface area contributed by atoms with Gasteiger partial charge in [-0.3, -0.25) is 4.79 Å². The minimum atomic E-state index is -0.232. The van der Waals surface area contributed by atoms with E-state index in [9.17, 15) is 4.79 Å². The van der Waals surface area contributed by atoms with Gasteiger partial charge in [-0.2, -0.15) is 0 Å². The second kappa shape index (κ2) is 11.1. The van der Waals surface area contributed by atoms with Crippen LogP contribution in [0.5, 0.6) is 5.75 Å². The van der Waals surface area contributed by atoms with Gasteiger partial charge in [0.25, 0.3) is 0 Å². The van der Waals surface area contributed by atoms with Crippen molar-refractivity contribution in [3.05, 3.63) is 40.1 Å². The first-order valence-electron chi connectivity index (χ1n) is 9.17. The fourth-order valence-electron chi connectivity index (χ4n) is 2.84. The second-order valence-corrected chi connectivity index (χ2v) is 6.74. The Bertz CT molecular complexity index is 813. The van der Waals surface area contributed by atoms with Gasteiger partial charge in [0, 0.05) is 5.38 Å². The smallest absolute Gasteiger partial charge is 0.311 e. The zero-order valence-electron chi connectivity index (χ0n) is 16.1. The fourth-order valence-corrected chi connectivity index (χ4v) is 3.76. The summed E-state index contributed by atoms with van der Waals surface area (Å²) in [7, 11) is 0. The average Bonchev–Trinajstić information content (AvgIpc) is 3.06. The molecule has 2 heterocycles. The van der Waals surface area contributed by atoms with Crippen molar-refractivity contribution < 1.29 is 19.0 Å². The van der Waals surface area contributed by atoms with Gasteiger partial charge in [0.2, 0.25) is 4.80 Å². The fraction of sp³-hybridized carbons (Fsp3) is 0.474. The molecule has 0 radical (unpaired) electrons. The van der Waals surface area contributed by atoms with Gasteiger partial charge in [0.05, 0.1) is 57.3 Å². The van der Waals surface area contributed by atoms with Gasteiger partial charge in [-0.15, -0.1) is 23.7 Å². The molecule has 0 N–H and O–H groups in total. The van der Waals surface area contributed by atoms with E-state index in [0.29, 0.717) is 26.4 Å². The molecule has 0 atom stereocenters. The molecule has 9 heteroatoms. The maximum atomic E-state index is 12.0. The lowest BCUT2D eigenvalue weighted by molar-refractivity contribution is -0.142. The van der Waals surface area contributed by atoms with Crippen LogP contribution in [0.1, 0.15) is 19.5 Å². The molecule has 0 saturated carbocycles. The molecular weight excluding hydrogens is 402 g/mol. The maximum absolute atomic E-state index is 12.0. The molecule has 0 amide bonds. The molecule has 1 aliphatic rings. The van der Waals surface area contributed by atoms with Crippen LogP contribution < -0.4 is 14.5 Å². The van der Waals surface area contributed by atoms with Gasteiger partial charge in [0.1, 0.15) is 5.75 Å². The lowest BCUT2D eigenvalue weighted by Crippen LogP contribution is -2.48. The van der Waals surface area contributed by atoms with E-state index in [2.05, 4.69) is 5.01 Å². The number of thiazole rings is 1. The van der Waals surface area contributed by atoms with Crippen LogP contribution in [0.25, 0.3) is 0 Å². The Balaban J connectivity index is 0.00000280. The highest BCUT2D eigenvalue weighted by molar-refractivity contribution is 7.07. The summed E-state index contributed by atoms with van der Waals surface area (Å²) in [5, 5.41) is 4.14. The standard InChI is InChI=1S/C19H25N3O4S.ClH/c1-3-25-17-7-5-15(6-8-17)20-19-22(21-9-11-24-12-10-21)16(14-27-19)13-18(23)26-4-2;/h5-8,14H,3-4,9-13H2,1-2H3;1H. The van der Waals surface area contributed by atoms with E-state index >= 15 is 0 Å². The third-order valence-corrected chi connectivity index (χ3v) is 4.89. The Kier molecular flexibility index (Phi) is 8.82. The van der Waals surface area contributed by atoms with Crippen molar-refractivity contribution in [2.45, 2.75) is 20.3 Å². The number of carbonyl (C=O) groups excluding carboxylic acids is 1. The van der Waals surface area contributed by atoms with Crippen molar-refractivity contribution in [3.8, 4) is 5.75 Å². The first-order valence-corrected chi connectivity index (χ1v) is 10.0. The molecule has 1 saturated heterocycles. The Morgan fingerprint density at radius 1 is 1.18 bits per heavy atom. The summed E-state index contributed by atoms with van der Waals surface area (Å²) in [6.45, 7) is 7.61. The zero-order chi connectivity index (χ0) is 19.1. The van der Waals surface area contributed by atoms with E-state index in [-0.39, 0.29) is 24.8 Å². The molecule has 0 unspecified atom stereocenters. The topological polar surface area (TPSA) is 65.3 Å². The van der Waals surface area contributed by atoms with Crippen LogP contribution in [-0.4, -0.2) is 50.2 Å². The Labute approximate surface area is 174 Å². The van der Waals surface area contributed by atoms with Crippen LogP contribution in [-0.2, 0) is 20.7 Å². The highest BCUT2D eigenvalue weighted by atomic mass is 35.5. The van der Waals surface area contributed by atoms with Crippen molar-refractivity contribution in [2.75, 3.05) is 44.5 Å². The zero-order valence-corrected chi connectivity index (χ0v) is 17.8. The first-order chi connectivity index (χ1) is 13.2.